The number of rotatable bonds is 6. The minimum Gasteiger partial charge on any atom is -0.497 e. The molecule has 1 aromatic heterocycles. The number of halogens is 1. The fourth-order valence-corrected chi connectivity index (χ4v) is 3.23. The summed E-state index contributed by atoms with van der Waals surface area (Å²) in [6, 6.07) is 8.24. The number of hydrogen-bond acceptors (Lipinski definition) is 4. The lowest BCUT2D eigenvalue weighted by Gasteiger charge is -2.29. The molecule has 0 saturated carbocycles. The van der Waals surface area contributed by atoms with E-state index in [2.05, 4.69) is 51.6 Å². The van der Waals surface area contributed by atoms with Gasteiger partial charge in [-0.2, -0.15) is 0 Å². The molecule has 0 spiro atoms. The molecule has 0 radical (unpaired) electrons. The summed E-state index contributed by atoms with van der Waals surface area (Å²) in [6.07, 6.45) is 0. The van der Waals surface area contributed by atoms with Gasteiger partial charge in [0.15, 0.2) is 5.96 Å². The summed E-state index contributed by atoms with van der Waals surface area (Å²) in [6.45, 7) is 8.00. The van der Waals surface area contributed by atoms with Crippen molar-refractivity contribution in [1.29, 1.82) is 0 Å². The molecule has 1 N–H and O–H groups in total. The van der Waals surface area contributed by atoms with E-state index >= 15 is 0 Å². The zero-order valence-corrected chi connectivity index (χ0v) is 19.5. The van der Waals surface area contributed by atoms with Gasteiger partial charge in [-0.15, -0.1) is 35.3 Å². The summed E-state index contributed by atoms with van der Waals surface area (Å²) >= 11 is 1.68. The van der Waals surface area contributed by atoms with Crippen molar-refractivity contribution >= 4 is 41.3 Å². The Hall–Kier alpha value is -1.35. The van der Waals surface area contributed by atoms with Gasteiger partial charge >= 0.3 is 0 Å². The molecule has 0 fully saturated rings. The molecular weight excluding hydrogens is 459 g/mol. The van der Waals surface area contributed by atoms with Gasteiger partial charge in [-0.25, -0.2) is 4.98 Å². The number of aryl methyl sites for hydroxylation is 1. The standard InChI is InChI=1S/C19H28N4OS.HI/c1-14-22-16(12-25-14)11-23(5)18(20-4)21-13-19(2,3)15-7-9-17(24-6)10-8-15;/h7-10,12H,11,13H2,1-6H3,(H,20,21);1H. The lowest BCUT2D eigenvalue weighted by atomic mass is 9.84. The quantitative estimate of drug-likeness (QED) is 0.379. The second-order valence-electron chi connectivity index (χ2n) is 6.73. The van der Waals surface area contributed by atoms with Crippen LogP contribution in [0.3, 0.4) is 0 Å². The van der Waals surface area contributed by atoms with E-state index in [4.69, 9.17) is 4.74 Å². The lowest BCUT2D eigenvalue weighted by molar-refractivity contribution is 0.413. The average molecular weight is 488 g/mol. The fraction of sp³-hybridized carbons (Fsp3) is 0.474. The van der Waals surface area contributed by atoms with Gasteiger partial charge in [-0.05, 0) is 24.6 Å². The molecule has 0 aliphatic carbocycles. The summed E-state index contributed by atoms with van der Waals surface area (Å²) in [4.78, 5) is 11.0. The number of nitrogens with zero attached hydrogens (tertiary/aromatic N) is 3. The predicted octanol–water partition coefficient (Wildman–Crippen LogP) is 4.06. The van der Waals surface area contributed by atoms with E-state index in [1.54, 1.807) is 18.4 Å². The van der Waals surface area contributed by atoms with Crippen molar-refractivity contribution < 1.29 is 4.74 Å². The number of methoxy groups -OCH3 is 1. The predicted molar refractivity (Wildman–Crippen MR) is 121 cm³/mol. The van der Waals surface area contributed by atoms with Crippen molar-refractivity contribution in [3.05, 3.63) is 45.9 Å². The summed E-state index contributed by atoms with van der Waals surface area (Å²) in [5.41, 5.74) is 2.30. The highest BCUT2D eigenvalue weighted by atomic mass is 127. The average Bonchev–Trinajstić information content (AvgIpc) is 3.00. The molecule has 5 nitrogen and oxygen atoms in total. The van der Waals surface area contributed by atoms with Crippen LogP contribution < -0.4 is 10.1 Å². The lowest BCUT2D eigenvalue weighted by Crippen LogP contribution is -2.44. The van der Waals surface area contributed by atoms with Gasteiger partial charge in [0, 0.05) is 31.4 Å². The van der Waals surface area contributed by atoms with Crippen molar-refractivity contribution in [1.82, 2.24) is 15.2 Å². The Bertz CT molecular complexity index is 713. The smallest absolute Gasteiger partial charge is 0.193 e. The van der Waals surface area contributed by atoms with Crippen LogP contribution >= 0.6 is 35.3 Å². The van der Waals surface area contributed by atoms with Crippen molar-refractivity contribution in [3.8, 4) is 5.75 Å². The van der Waals surface area contributed by atoms with Gasteiger partial charge in [0.2, 0.25) is 0 Å². The largest absolute Gasteiger partial charge is 0.497 e. The summed E-state index contributed by atoms with van der Waals surface area (Å²) < 4.78 is 5.24. The zero-order valence-electron chi connectivity index (χ0n) is 16.4. The van der Waals surface area contributed by atoms with Crippen LogP contribution in [0.4, 0.5) is 0 Å². The first-order valence-corrected chi connectivity index (χ1v) is 9.21. The van der Waals surface area contributed by atoms with Crippen molar-refractivity contribution in [2.75, 3.05) is 27.7 Å². The highest BCUT2D eigenvalue weighted by Gasteiger charge is 2.22. The van der Waals surface area contributed by atoms with Gasteiger partial charge in [-0.1, -0.05) is 26.0 Å². The number of aromatic nitrogens is 1. The molecule has 7 heteroatoms. The Morgan fingerprint density at radius 2 is 1.96 bits per heavy atom. The minimum atomic E-state index is -0.0275. The third-order valence-electron chi connectivity index (χ3n) is 4.20. The monoisotopic (exact) mass is 488 g/mol. The molecule has 2 aromatic rings. The third-order valence-corrected chi connectivity index (χ3v) is 5.02. The first-order chi connectivity index (χ1) is 11.9. The molecule has 0 atom stereocenters. The van der Waals surface area contributed by atoms with Crippen LogP contribution in [0.15, 0.2) is 34.6 Å². The highest BCUT2D eigenvalue weighted by Crippen LogP contribution is 2.24. The zero-order chi connectivity index (χ0) is 18.4. The van der Waals surface area contributed by atoms with E-state index in [9.17, 15) is 0 Å². The van der Waals surface area contributed by atoms with E-state index < -0.39 is 0 Å². The van der Waals surface area contributed by atoms with E-state index in [1.807, 2.05) is 33.2 Å². The van der Waals surface area contributed by atoms with Gasteiger partial charge in [-0.3, -0.25) is 4.99 Å². The Balaban J connectivity index is 0.00000338. The number of hydrogen-bond donors (Lipinski definition) is 1. The Kier molecular flexibility index (Phi) is 8.82. The maximum atomic E-state index is 5.24. The second kappa shape index (κ2) is 10.1. The van der Waals surface area contributed by atoms with Crippen molar-refractivity contribution in [2.45, 2.75) is 32.7 Å². The molecule has 0 unspecified atom stereocenters. The van der Waals surface area contributed by atoms with Crippen LogP contribution in [0, 0.1) is 6.92 Å². The van der Waals surface area contributed by atoms with Crippen LogP contribution in [-0.4, -0.2) is 43.6 Å². The Morgan fingerprint density at radius 3 is 2.46 bits per heavy atom. The Labute approximate surface area is 177 Å². The maximum Gasteiger partial charge on any atom is 0.193 e. The van der Waals surface area contributed by atoms with Crippen LogP contribution in [-0.2, 0) is 12.0 Å². The van der Waals surface area contributed by atoms with E-state index in [-0.39, 0.29) is 29.4 Å². The van der Waals surface area contributed by atoms with E-state index in [1.165, 1.54) is 5.56 Å². The van der Waals surface area contributed by atoms with Crippen molar-refractivity contribution in [2.24, 2.45) is 4.99 Å². The first-order valence-electron chi connectivity index (χ1n) is 8.33. The molecule has 0 aliphatic heterocycles. The number of nitrogens with one attached hydrogen (secondary N) is 1. The van der Waals surface area contributed by atoms with Gasteiger partial charge in [0.1, 0.15) is 5.75 Å². The number of benzene rings is 1. The number of aliphatic imine (C=N–C) groups is 1. The second-order valence-corrected chi connectivity index (χ2v) is 7.79. The van der Waals surface area contributed by atoms with Crippen LogP contribution in [0.25, 0.3) is 0 Å². The number of guanidine groups is 1. The minimum absolute atomic E-state index is 0. The van der Waals surface area contributed by atoms with Crippen LogP contribution in [0.5, 0.6) is 5.75 Å². The number of ether oxygens (including phenoxy) is 1. The first kappa shape index (κ1) is 22.7. The molecule has 2 rings (SSSR count). The molecule has 0 saturated heterocycles. The molecule has 144 valence electrons. The number of thiazole rings is 1. The SMILES string of the molecule is CN=C(NCC(C)(C)c1ccc(OC)cc1)N(C)Cc1csc(C)n1.I. The molecule has 0 amide bonds. The van der Waals surface area contributed by atoms with Crippen molar-refractivity contribution in [3.63, 3.8) is 0 Å². The summed E-state index contributed by atoms with van der Waals surface area (Å²) in [5.74, 6) is 1.74. The summed E-state index contributed by atoms with van der Waals surface area (Å²) in [7, 11) is 5.53. The highest BCUT2D eigenvalue weighted by molar-refractivity contribution is 14.0. The van der Waals surface area contributed by atoms with Gasteiger partial charge in [0.05, 0.1) is 24.4 Å². The van der Waals surface area contributed by atoms with Gasteiger partial charge in [0.25, 0.3) is 0 Å². The molecule has 0 bridgehead atoms. The third kappa shape index (κ3) is 6.12. The molecule has 1 aromatic carbocycles. The molecule has 0 aliphatic rings. The van der Waals surface area contributed by atoms with Gasteiger partial charge < -0.3 is 15.0 Å². The molecule has 26 heavy (non-hydrogen) atoms. The van der Waals surface area contributed by atoms with Crippen LogP contribution in [0.2, 0.25) is 0 Å². The molecular formula is C19H29IN4OS. The topological polar surface area (TPSA) is 49.8 Å². The van der Waals surface area contributed by atoms with E-state index in [0.29, 0.717) is 0 Å². The molecule has 1 heterocycles. The fourth-order valence-electron chi connectivity index (χ4n) is 2.63. The maximum absolute atomic E-state index is 5.24. The van der Waals surface area contributed by atoms with E-state index in [0.717, 1.165) is 35.5 Å². The Morgan fingerprint density at radius 1 is 1.31 bits per heavy atom. The van der Waals surface area contributed by atoms with Crippen LogP contribution in [0.1, 0.15) is 30.1 Å². The normalized spacial score (nSPS) is 11.7. The summed E-state index contributed by atoms with van der Waals surface area (Å²) in [5, 5.41) is 6.67.